The van der Waals surface area contributed by atoms with Crippen LogP contribution < -0.4 is 10.6 Å². The lowest BCUT2D eigenvalue weighted by molar-refractivity contribution is -0.138. The molecule has 26 heavy (non-hydrogen) atoms. The Hall–Kier alpha value is -1.17. The fourth-order valence-corrected chi connectivity index (χ4v) is 3.12. The van der Waals surface area contributed by atoms with Gasteiger partial charge < -0.3 is 20.4 Å². The lowest BCUT2D eigenvalue weighted by Gasteiger charge is -2.03. The summed E-state index contributed by atoms with van der Waals surface area (Å²) in [7, 11) is -2.37. The molecule has 0 aromatic carbocycles. The van der Waals surface area contributed by atoms with Crippen LogP contribution in [0.1, 0.15) is 70.6 Å². The Morgan fingerprint density at radius 3 is 1.85 bits per heavy atom. The first kappa shape index (κ1) is 24.8. The van der Waals surface area contributed by atoms with Gasteiger partial charge in [-0.3, -0.25) is 14.2 Å². The summed E-state index contributed by atoms with van der Waals surface area (Å²) < 4.78 is 10.7. The molecule has 7 nitrogen and oxygen atoms in total. The summed E-state index contributed by atoms with van der Waals surface area (Å²) in [5, 5.41) is 4.85. The van der Waals surface area contributed by atoms with Crippen LogP contribution >= 0.6 is 7.60 Å². The normalized spacial score (nSPS) is 11.7. The average molecular weight is 390 g/mol. The fraction of sp³-hybridized carbons (Fsp3) is 0.778. The molecule has 0 radical (unpaired) electrons. The van der Waals surface area contributed by atoms with E-state index in [4.69, 9.17) is 9.79 Å². The molecule has 0 saturated heterocycles. The van der Waals surface area contributed by atoms with Gasteiger partial charge in [-0.25, -0.2) is 0 Å². The first-order valence-electron chi connectivity index (χ1n) is 9.56. The van der Waals surface area contributed by atoms with Crippen LogP contribution in [0.3, 0.4) is 0 Å². The number of allylic oxidation sites excluding steroid dienone is 2. The minimum Gasteiger partial charge on any atom is -0.351 e. The van der Waals surface area contributed by atoms with Crippen LogP contribution in [0.25, 0.3) is 0 Å². The summed E-state index contributed by atoms with van der Waals surface area (Å²) in [6.07, 6.45) is 15.5. The van der Waals surface area contributed by atoms with Crippen LogP contribution in [0.2, 0.25) is 0 Å². The van der Waals surface area contributed by atoms with Crippen molar-refractivity contribution >= 4 is 19.4 Å². The molecule has 0 aliphatic rings. The fourth-order valence-electron chi connectivity index (χ4n) is 2.48. The van der Waals surface area contributed by atoms with Gasteiger partial charge in [-0.1, -0.05) is 44.3 Å². The molecule has 0 aliphatic carbocycles. The molecule has 4 N–H and O–H groups in total. The third kappa shape index (κ3) is 17.6. The smallest absolute Gasteiger partial charge is 0.325 e. The minimum absolute atomic E-state index is 0.0121. The predicted octanol–water partition coefficient (Wildman–Crippen LogP) is 2.87. The average Bonchev–Trinajstić information content (AvgIpc) is 2.59. The maximum Gasteiger partial charge on any atom is 0.325 e. The molecule has 0 bridgehead atoms. The number of carbonyl (C=O) groups is 2. The van der Waals surface area contributed by atoms with Gasteiger partial charge in [-0.15, -0.1) is 0 Å². The number of carbonyl (C=O) groups excluding carboxylic acids is 2. The van der Waals surface area contributed by atoms with Gasteiger partial charge in [0.15, 0.2) is 0 Å². The molecule has 2 amide bonds. The van der Waals surface area contributed by atoms with Crippen molar-refractivity contribution in [2.75, 3.05) is 19.8 Å². The van der Waals surface area contributed by atoms with Crippen molar-refractivity contribution in [1.29, 1.82) is 0 Å². The summed E-state index contributed by atoms with van der Waals surface area (Å²) >= 11 is 0. The third-order valence-corrected chi connectivity index (χ3v) is 4.90. The van der Waals surface area contributed by atoms with Gasteiger partial charge in [0.2, 0.25) is 0 Å². The standard InChI is InChI=1S/C18H35N2O5P/c1-19-17(21)18(22)20-15-13-11-9-7-5-3-2-4-6-8-10-12-14-16-26(23,24)25/h5,7H,2-4,6,8-16H2,1H3,(H,19,21)(H,20,22)(H2,23,24,25). The second kappa shape index (κ2) is 16.0. The van der Waals surface area contributed by atoms with E-state index in [0.717, 1.165) is 44.9 Å². The van der Waals surface area contributed by atoms with E-state index in [0.29, 0.717) is 13.0 Å². The molecule has 0 atom stereocenters. The summed E-state index contributed by atoms with van der Waals surface area (Å²) in [6, 6.07) is 0. The first-order valence-corrected chi connectivity index (χ1v) is 11.4. The summed E-state index contributed by atoms with van der Waals surface area (Å²) in [4.78, 5) is 39.6. The zero-order valence-electron chi connectivity index (χ0n) is 15.9. The van der Waals surface area contributed by atoms with Crippen LogP contribution in [-0.4, -0.2) is 41.4 Å². The Bertz CT molecular complexity index is 462. The molecule has 0 aromatic heterocycles. The molecule has 0 heterocycles. The highest BCUT2D eigenvalue weighted by atomic mass is 31.2. The van der Waals surface area contributed by atoms with Crippen LogP contribution in [0.4, 0.5) is 0 Å². The number of hydrogen-bond donors (Lipinski definition) is 4. The Balaban J connectivity index is 3.28. The lowest BCUT2D eigenvalue weighted by Crippen LogP contribution is -2.38. The Morgan fingerprint density at radius 2 is 1.31 bits per heavy atom. The molecule has 0 spiro atoms. The van der Waals surface area contributed by atoms with Crippen molar-refractivity contribution in [2.24, 2.45) is 0 Å². The van der Waals surface area contributed by atoms with Crippen molar-refractivity contribution in [2.45, 2.75) is 70.6 Å². The third-order valence-electron chi connectivity index (χ3n) is 4.00. The summed E-state index contributed by atoms with van der Waals surface area (Å²) in [5.74, 6) is -1.18. The molecule has 0 aromatic rings. The monoisotopic (exact) mass is 390 g/mol. The van der Waals surface area contributed by atoms with Crippen molar-refractivity contribution in [3.8, 4) is 0 Å². The van der Waals surface area contributed by atoms with E-state index in [1.165, 1.54) is 26.3 Å². The molecular formula is C18H35N2O5P. The van der Waals surface area contributed by atoms with E-state index < -0.39 is 19.4 Å². The molecule has 0 aliphatic heterocycles. The zero-order valence-corrected chi connectivity index (χ0v) is 16.8. The van der Waals surface area contributed by atoms with Gasteiger partial charge in [-0.2, -0.15) is 0 Å². The van der Waals surface area contributed by atoms with Gasteiger partial charge in [0.05, 0.1) is 0 Å². The van der Waals surface area contributed by atoms with E-state index in [1.807, 2.05) is 0 Å². The molecule has 0 fully saturated rings. The van der Waals surface area contributed by atoms with Crippen LogP contribution in [0, 0.1) is 0 Å². The number of nitrogens with one attached hydrogen (secondary N) is 2. The van der Waals surface area contributed by atoms with E-state index in [1.54, 1.807) is 0 Å². The van der Waals surface area contributed by atoms with Crippen molar-refractivity contribution < 1.29 is 23.9 Å². The topological polar surface area (TPSA) is 116 Å². The van der Waals surface area contributed by atoms with Crippen molar-refractivity contribution in [3.05, 3.63) is 12.2 Å². The van der Waals surface area contributed by atoms with Crippen LogP contribution in [0.5, 0.6) is 0 Å². The van der Waals surface area contributed by atoms with Gasteiger partial charge >= 0.3 is 19.4 Å². The van der Waals surface area contributed by atoms with Gasteiger partial charge in [0.1, 0.15) is 0 Å². The number of amides is 2. The van der Waals surface area contributed by atoms with E-state index >= 15 is 0 Å². The summed E-state index contributed by atoms with van der Waals surface area (Å²) in [6.45, 7) is 0.522. The number of unbranched alkanes of at least 4 members (excludes halogenated alkanes) is 9. The Labute approximate surface area is 157 Å². The van der Waals surface area contributed by atoms with Gasteiger partial charge in [0.25, 0.3) is 0 Å². The molecule has 0 rings (SSSR count). The first-order chi connectivity index (χ1) is 12.4. The maximum atomic E-state index is 11.2. The highest BCUT2D eigenvalue weighted by Crippen LogP contribution is 2.35. The highest BCUT2D eigenvalue weighted by Gasteiger charge is 2.11. The molecular weight excluding hydrogens is 355 g/mol. The summed E-state index contributed by atoms with van der Waals surface area (Å²) in [5.41, 5.74) is 0. The van der Waals surface area contributed by atoms with Gasteiger partial charge in [-0.05, 0) is 38.5 Å². The van der Waals surface area contributed by atoms with Gasteiger partial charge in [0, 0.05) is 19.8 Å². The van der Waals surface area contributed by atoms with E-state index in [-0.39, 0.29) is 6.16 Å². The molecule has 0 unspecified atom stereocenters. The highest BCUT2D eigenvalue weighted by molar-refractivity contribution is 7.51. The van der Waals surface area contributed by atoms with Crippen LogP contribution in [-0.2, 0) is 14.2 Å². The van der Waals surface area contributed by atoms with E-state index in [2.05, 4.69) is 22.8 Å². The molecule has 0 saturated carbocycles. The molecule has 152 valence electrons. The van der Waals surface area contributed by atoms with E-state index in [9.17, 15) is 14.2 Å². The maximum absolute atomic E-state index is 11.2. The zero-order chi connectivity index (χ0) is 19.7. The number of rotatable bonds is 15. The predicted molar refractivity (Wildman–Crippen MR) is 104 cm³/mol. The van der Waals surface area contributed by atoms with Crippen LogP contribution in [0.15, 0.2) is 12.2 Å². The minimum atomic E-state index is -3.80. The number of hydrogen-bond acceptors (Lipinski definition) is 3. The number of likely N-dealkylation sites (N-methyl/N-ethyl adjacent to an activating group) is 1. The van der Waals surface area contributed by atoms with Crippen molar-refractivity contribution in [3.63, 3.8) is 0 Å². The SMILES string of the molecule is CNC(=O)C(=O)NCCCCC=CCCCCCCCCCP(=O)(O)O. The second-order valence-electron chi connectivity index (χ2n) is 6.45. The second-order valence-corrected chi connectivity index (χ2v) is 8.23. The van der Waals surface area contributed by atoms with Crippen molar-refractivity contribution in [1.82, 2.24) is 10.6 Å². The largest absolute Gasteiger partial charge is 0.351 e. The Kier molecular flexibility index (Phi) is 15.3. The quantitative estimate of drug-likeness (QED) is 0.148. The Morgan fingerprint density at radius 1 is 0.808 bits per heavy atom. The molecule has 8 heteroatoms. The lowest BCUT2D eigenvalue weighted by atomic mass is 10.1.